The fourth-order valence-corrected chi connectivity index (χ4v) is 5.92. The number of ether oxygens (including phenoxy) is 1. The molecule has 5 rings (SSSR count). The lowest BCUT2D eigenvalue weighted by Crippen LogP contribution is -2.54. The second-order valence-corrected chi connectivity index (χ2v) is 10.6. The van der Waals surface area contributed by atoms with E-state index in [1.54, 1.807) is 11.2 Å². The summed E-state index contributed by atoms with van der Waals surface area (Å²) in [5.74, 6) is -0.227. The van der Waals surface area contributed by atoms with Crippen LogP contribution in [0.3, 0.4) is 0 Å². The van der Waals surface area contributed by atoms with E-state index in [4.69, 9.17) is 4.74 Å². The molecule has 1 aliphatic heterocycles. The molecule has 1 saturated heterocycles. The van der Waals surface area contributed by atoms with Gasteiger partial charge in [-0.25, -0.2) is 9.78 Å². The van der Waals surface area contributed by atoms with E-state index in [0.29, 0.717) is 37.4 Å². The van der Waals surface area contributed by atoms with E-state index in [1.165, 1.54) is 19.2 Å². The number of carbonyl (C=O) groups excluding carboxylic acids is 2. The van der Waals surface area contributed by atoms with Crippen molar-refractivity contribution in [2.75, 3.05) is 26.7 Å². The van der Waals surface area contributed by atoms with Crippen molar-refractivity contribution in [3.63, 3.8) is 0 Å². The lowest BCUT2D eigenvalue weighted by atomic mass is 9.89. The number of methoxy groups -OCH3 is 1. The van der Waals surface area contributed by atoms with E-state index in [1.807, 2.05) is 34.9 Å². The minimum absolute atomic E-state index is 0.113. The Morgan fingerprint density at radius 3 is 2.51 bits per heavy atom. The summed E-state index contributed by atoms with van der Waals surface area (Å²) in [6, 6.07) is 14.2. The van der Waals surface area contributed by atoms with Gasteiger partial charge in [-0.3, -0.25) is 4.79 Å². The molecule has 0 bridgehead atoms. The number of aromatic nitrogens is 2. The number of piperazine rings is 1. The van der Waals surface area contributed by atoms with Crippen LogP contribution in [0, 0.1) is 0 Å². The van der Waals surface area contributed by atoms with Crippen LogP contribution in [0.4, 0.5) is 18.0 Å². The maximum atomic E-state index is 14.2. The predicted octanol–water partition coefficient (Wildman–Crippen LogP) is 5.07. The summed E-state index contributed by atoms with van der Waals surface area (Å²) in [5.41, 5.74) is 1.86. The van der Waals surface area contributed by atoms with Gasteiger partial charge in [0, 0.05) is 31.2 Å². The van der Waals surface area contributed by atoms with Crippen LogP contribution in [0.15, 0.2) is 60.9 Å². The minimum Gasteiger partial charge on any atom is -0.453 e. The van der Waals surface area contributed by atoms with Gasteiger partial charge < -0.3 is 24.8 Å². The first-order chi connectivity index (χ1) is 19.8. The molecule has 2 aromatic carbocycles. The number of amides is 2. The summed E-state index contributed by atoms with van der Waals surface area (Å²) < 4.78 is 46.0. The average molecular weight is 570 g/mol. The van der Waals surface area contributed by atoms with E-state index in [9.17, 15) is 22.8 Å². The molecule has 2 aliphatic rings. The molecule has 0 spiro atoms. The lowest BCUT2D eigenvalue weighted by Gasteiger charge is -2.36. The number of hydrogen-bond donors (Lipinski definition) is 2. The quantitative estimate of drug-likeness (QED) is 0.433. The van der Waals surface area contributed by atoms with Crippen molar-refractivity contribution in [2.24, 2.45) is 0 Å². The number of hydrogen-bond acceptors (Lipinski definition) is 5. The van der Waals surface area contributed by atoms with Gasteiger partial charge in [-0.05, 0) is 37.0 Å². The Bertz CT molecular complexity index is 1340. The normalized spacial score (nSPS) is 21.4. The van der Waals surface area contributed by atoms with Crippen LogP contribution in [0.25, 0.3) is 11.3 Å². The van der Waals surface area contributed by atoms with Crippen molar-refractivity contribution in [2.45, 2.75) is 56.4 Å². The van der Waals surface area contributed by atoms with Gasteiger partial charge in [0.05, 0.1) is 36.8 Å². The number of rotatable bonds is 6. The van der Waals surface area contributed by atoms with Crippen molar-refractivity contribution in [3.8, 4) is 11.3 Å². The Labute approximate surface area is 236 Å². The molecule has 8 nitrogen and oxygen atoms in total. The summed E-state index contributed by atoms with van der Waals surface area (Å²) in [6.45, 7) is 1.56. The number of benzene rings is 2. The van der Waals surface area contributed by atoms with Gasteiger partial charge in [0.15, 0.2) is 5.69 Å². The lowest BCUT2D eigenvalue weighted by molar-refractivity contribution is -0.137. The van der Waals surface area contributed by atoms with E-state index in [-0.39, 0.29) is 24.0 Å². The first kappa shape index (κ1) is 28.7. The van der Waals surface area contributed by atoms with Gasteiger partial charge in [0.25, 0.3) is 5.91 Å². The summed E-state index contributed by atoms with van der Waals surface area (Å²) >= 11 is 0. The molecule has 2 fully saturated rings. The Balaban J connectivity index is 1.46. The third-order valence-electron chi connectivity index (χ3n) is 7.98. The molecular weight excluding hydrogens is 535 g/mol. The molecule has 2 amide bonds. The van der Waals surface area contributed by atoms with Crippen molar-refractivity contribution in [1.82, 2.24) is 25.1 Å². The zero-order valence-corrected chi connectivity index (χ0v) is 22.9. The number of nitrogens with one attached hydrogen (secondary N) is 2. The topological polar surface area (TPSA) is 88.5 Å². The molecule has 2 N–H and O–H groups in total. The summed E-state index contributed by atoms with van der Waals surface area (Å²) in [6.07, 6.45) is 0.739. The van der Waals surface area contributed by atoms with E-state index in [0.717, 1.165) is 48.9 Å². The van der Waals surface area contributed by atoms with E-state index >= 15 is 0 Å². The zero-order chi connectivity index (χ0) is 29.0. The predicted molar refractivity (Wildman–Crippen MR) is 147 cm³/mol. The Kier molecular flexibility index (Phi) is 8.63. The molecule has 41 heavy (non-hydrogen) atoms. The van der Waals surface area contributed by atoms with Gasteiger partial charge in [-0.1, -0.05) is 55.3 Å². The highest BCUT2D eigenvalue weighted by atomic mass is 19.4. The van der Waals surface area contributed by atoms with Crippen molar-refractivity contribution in [3.05, 3.63) is 77.7 Å². The molecule has 1 saturated carbocycles. The fourth-order valence-electron chi connectivity index (χ4n) is 5.92. The number of alkyl halides is 3. The van der Waals surface area contributed by atoms with E-state index in [2.05, 4.69) is 15.6 Å². The molecule has 218 valence electrons. The molecule has 0 unspecified atom stereocenters. The maximum Gasteiger partial charge on any atom is 0.416 e. The largest absolute Gasteiger partial charge is 0.453 e. The molecule has 3 atom stereocenters. The van der Waals surface area contributed by atoms with Gasteiger partial charge in [-0.15, -0.1) is 0 Å². The summed E-state index contributed by atoms with van der Waals surface area (Å²) in [4.78, 5) is 32.7. The third-order valence-corrected chi connectivity index (χ3v) is 7.98. The molecule has 11 heteroatoms. The van der Waals surface area contributed by atoms with Crippen LogP contribution in [-0.4, -0.2) is 65.3 Å². The zero-order valence-electron chi connectivity index (χ0n) is 22.9. The fraction of sp³-hybridized carbons (Fsp3) is 0.433. The molecule has 1 aliphatic carbocycles. The second kappa shape index (κ2) is 12.3. The summed E-state index contributed by atoms with van der Waals surface area (Å²) in [7, 11) is 1.34. The van der Waals surface area contributed by atoms with Crippen LogP contribution < -0.4 is 10.6 Å². The highest BCUT2D eigenvalue weighted by Gasteiger charge is 2.35. The van der Waals surface area contributed by atoms with Crippen molar-refractivity contribution < 1.29 is 27.5 Å². The highest BCUT2D eigenvalue weighted by molar-refractivity contribution is 5.98. The van der Waals surface area contributed by atoms with Crippen LogP contribution >= 0.6 is 0 Å². The first-order valence-electron chi connectivity index (χ1n) is 13.9. The van der Waals surface area contributed by atoms with Gasteiger partial charge >= 0.3 is 12.3 Å². The monoisotopic (exact) mass is 569 g/mol. The number of alkyl carbamates (subject to hydrolysis) is 1. The number of nitrogens with zero attached hydrogens (tertiary/aromatic N) is 3. The number of halogens is 3. The maximum absolute atomic E-state index is 14.2. The van der Waals surface area contributed by atoms with Crippen LogP contribution in [0.2, 0.25) is 0 Å². The molecular formula is C30H34F3N5O3. The molecule has 3 aromatic rings. The highest BCUT2D eigenvalue weighted by Crippen LogP contribution is 2.35. The standard InChI is InChI=1S/C30H34F3N5O3/c1-41-29(40)36-24-9-5-6-10-25(24)38-19-35-26(27(38)21-7-3-2-4-8-21)28(39)37-16-15-34-18-23(37)17-20-11-13-22(14-12-20)30(31,32)33/h2-4,7-8,11-14,19,23-25,34H,5-6,9-10,15-18H2,1H3,(H,36,40)/t23-,24+,25+/m1/s1. The Hall–Kier alpha value is -3.86. The number of imidazole rings is 1. The van der Waals surface area contributed by atoms with Crippen molar-refractivity contribution in [1.29, 1.82) is 0 Å². The SMILES string of the molecule is COC(=O)N[C@H]1CCCC[C@@H]1n1cnc(C(=O)N2CCNC[C@H]2Cc2ccc(C(F)(F)F)cc2)c1-c1ccccc1. The van der Waals surface area contributed by atoms with Gasteiger partial charge in [-0.2, -0.15) is 13.2 Å². The van der Waals surface area contributed by atoms with E-state index < -0.39 is 17.8 Å². The smallest absolute Gasteiger partial charge is 0.416 e. The van der Waals surface area contributed by atoms with Crippen LogP contribution in [0.1, 0.15) is 53.3 Å². The second-order valence-electron chi connectivity index (χ2n) is 10.6. The Morgan fingerprint density at radius 1 is 1.07 bits per heavy atom. The molecule has 1 aromatic heterocycles. The van der Waals surface area contributed by atoms with Crippen LogP contribution in [-0.2, 0) is 17.3 Å². The molecule has 2 heterocycles. The van der Waals surface area contributed by atoms with Crippen LogP contribution in [0.5, 0.6) is 0 Å². The van der Waals surface area contributed by atoms with Gasteiger partial charge in [0.1, 0.15) is 0 Å². The number of carbonyl (C=O) groups is 2. The van der Waals surface area contributed by atoms with Gasteiger partial charge in [0.2, 0.25) is 0 Å². The average Bonchev–Trinajstić information content (AvgIpc) is 3.42. The first-order valence-corrected chi connectivity index (χ1v) is 13.9. The summed E-state index contributed by atoms with van der Waals surface area (Å²) in [5, 5.41) is 6.27. The van der Waals surface area contributed by atoms with Crippen molar-refractivity contribution >= 4 is 12.0 Å². The Morgan fingerprint density at radius 2 is 1.80 bits per heavy atom. The molecule has 0 radical (unpaired) electrons. The minimum atomic E-state index is -4.40. The third kappa shape index (κ3) is 6.40.